The van der Waals surface area contributed by atoms with Crippen LogP contribution in [0.2, 0.25) is 0 Å². The van der Waals surface area contributed by atoms with Gasteiger partial charge in [0.05, 0.1) is 0 Å². The van der Waals surface area contributed by atoms with Gasteiger partial charge in [-0.05, 0) is 6.42 Å². The van der Waals surface area contributed by atoms with Crippen molar-refractivity contribution in [2.75, 3.05) is 0 Å². The molecule has 0 amide bonds. The van der Waals surface area contributed by atoms with Crippen molar-refractivity contribution in [2.45, 2.75) is 25.3 Å². The summed E-state index contributed by atoms with van der Waals surface area (Å²) < 4.78 is 0. The molecule has 0 fully saturated rings. The highest BCUT2D eigenvalue weighted by atomic mass is 16.4. The van der Waals surface area contributed by atoms with Crippen LogP contribution in [-0.2, 0) is 14.4 Å². The van der Waals surface area contributed by atoms with Crippen LogP contribution in [0.3, 0.4) is 0 Å². The van der Waals surface area contributed by atoms with Crippen LogP contribution >= 0.6 is 0 Å². The number of carbonyl (C=O) groups is 3. The van der Waals surface area contributed by atoms with Crippen LogP contribution in [-0.4, -0.2) is 23.8 Å². The lowest BCUT2D eigenvalue weighted by molar-refractivity contribution is -0.438. The Hall–Kier alpha value is -1.43. The summed E-state index contributed by atoms with van der Waals surface area (Å²) in [5.41, 5.74) is 5.04. The molecule has 0 bridgehead atoms. The van der Waals surface area contributed by atoms with Crippen LogP contribution in [0.25, 0.3) is 0 Å². The van der Waals surface area contributed by atoms with Crippen molar-refractivity contribution in [3.8, 4) is 0 Å². The molecule has 0 rings (SSSR count). The van der Waals surface area contributed by atoms with E-state index in [-0.39, 0.29) is 19.3 Å². The zero-order chi connectivity index (χ0) is 10.4. The van der Waals surface area contributed by atoms with E-state index in [1.54, 1.807) is 0 Å². The molecule has 0 aromatic rings. The lowest BCUT2D eigenvalue weighted by Crippen LogP contribution is -2.68. The number of carboxylic acids is 2. The van der Waals surface area contributed by atoms with Gasteiger partial charge in [0.1, 0.15) is 11.9 Å². The topological polar surface area (TPSA) is 123 Å². The number of carbonyl (C=O) groups excluding carboxylic acids is 3. The molecule has 6 heteroatoms. The van der Waals surface area contributed by atoms with E-state index in [4.69, 9.17) is 5.73 Å². The Morgan fingerprint density at radius 3 is 2.15 bits per heavy atom. The molecule has 1 atom stereocenters. The molecule has 0 saturated carbocycles. The smallest absolute Gasteiger partial charge is 0.178 e. The maximum absolute atomic E-state index is 10.4. The number of hydrogen-bond acceptors (Lipinski definition) is 6. The summed E-state index contributed by atoms with van der Waals surface area (Å²) in [4.78, 5) is 30.4. The Morgan fingerprint density at radius 2 is 1.77 bits per heavy atom. The van der Waals surface area contributed by atoms with Gasteiger partial charge in [0.2, 0.25) is 0 Å². The second-order valence-electron chi connectivity index (χ2n) is 2.53. The van der Waals surface area contributed by atoms with Gasteiger partial charge in [-0.2, -0.15) is 5.73 Å². The number of ketones is 1. The summed E-state index contributed by atoms with van der Waals surface area (Å²) >= 11 is 0. The van der Waals surface area contributed by atoms with Gasteiger partial charge < -0.3 is 19.8 Å². The molecule has 0 spiro atoms. The second kappa shape index (κ2) is 5.26. The van der Waals surface area contributed by atoms with E-state index in [0.29, 0.717) is 0 Å². The van der Waals surface area contributed by atoms with Crippen molar-refractivity contribution >= 4 is 17.7 Å². The summed E-state index contributed by atoms with van der Waals surface area (Å²) in [6.45, 7) is 0. The fourth-order valence-electron chi connectivity index (χ4n) is 0.702. The van der Waals surface area contributed by atoms with E-state index in [1.165, 1.54) is 0 Å². The quantitative estimate of drug-likeness (QED) is 0.421. The maximum atomic E-state index is 10.4. The average Bonchev–Trinajstić information content (AvgIpc) is 2.03. The third-order valence-corrected chi connectivity index (χ3v) is 1.45. The van der Waals surface area contributed by atoms with Gasteiger partial charge in [0, 0.05) is 12.8 Å². The van der Waals surface area contributed by atoms with E-state index < -0.39 is 23.8 Å². The van der Waals surface area contributed by atoms with Crippen LogP contribution in [0.5, 0.6) is 0 Å². The van der Waals surface area contributed by atoms with E-state index in [9.17, 15) is 24.6 Å². The molecule has 0 aromatic carbocycles. The summed E-state index contributed by atoms with van der Waals surface area (Å²) in [5, 5.41) is 19.9. The molecule has 1 unspecified atom stereocenters. The minimum Gasteiger partial charge on any atom is -0.544 e. The number of hydrogen-bond donors (Lipinski definition) is 1. The molecule has 6 nitrogen and oxygen atoms in total. The normalized spacial score (nSPS) is 12.1. The third-order valence-electron chi connectivity index (χ3n) is 1.45. The predicted molar refractivity (Wildman–Crippen MR) is 34.6 cm³/mol. The first-order valence-corrected chi connectivity index (χ1v) is 3.65. The largest absolute Gasteiger partial charge is 0.544 e. The van der Waals surface area contributed by atoms with Crippen LogP contribution < -0.4 is 15.9 Å². The van der Waals surface area contributed by atoms with Crippen molar-refractivity contribution in [1.82, 2.24) is 0 Å². The zero-order valence-corrected chi connectivity index (χ0v) is 6.82. The van der Waals surface area contributed by atoms with Gasteiger partial charge in [-0.25, -0.2) is 0 Å². The fourth-order valence-corrected chi connectivity index (χ4v) is 0.702. The van der Waals surface area contributed by atoms with E-state index in [0.717, 1.165) is 0 Å². The van der Waals surface area contributed by atoms with E-state index in [1.807, 2.05) is 0 Å². The Bertz CT molecular complexity index is 225. The van der Waals surface area contributed by atoms with Crippen molar-refractivity contribution in [3.05, 3.63) is 0 Å². The molecule has 1 radical (unpaired) electrons. The minimum absolute atomic E-state index is 0.0152. The first-order valence-electron chi connectivity index (χ1n) is 3.65. The molecule has 0 saturated heterocycles. The highest BCUT2D eigenvalue weighted by molar-refractivity contribution is 6.31. The monoisotopic (exact) mass is 187 g/mol. The highest BCUT2D eigenvalue weighted by Crippen LogP contribution is 1.97. The molecule has 0 aliphatic rings. The van der Waals surface area contributed by atoms with Gasteiger partial charge in [0.25, 0.3) is 0 Å². The van der Waals surface area contributed by atoms with Crippen molar-refractivity contribution in [2.24, 2.45) is 0 Å². The molecule has 0 aliphatic heterocycles. The summed E-state index contributed by atoms with van der Waals surface area (Å²) in [6.07, 6.45) is -0.146. The first kappa shape index (κ1) is 11.6. The molecule has 0 heterocycles. The fraction of sp³-hybridized carbons (Fsp3) is 0.571. The van der Waals surface area contributed by atoms with Crippen LogP contribution in [0.4, 0.5) is 0 Å². The highest BCUT2D eigenvalue weighted by Gasteiger charge is 2.10. The minimum atomic E-state index is -1.76. The Labute approximate surface area is 74.3 Å². The number of Topliss-reactive ketones (excluding diaryl/α,β-unsaturated/α-hetero) is 1. The number of rotatable bonds is 6. The lowest BCUT2D eigenvalue weighted by Gasteiger charge is -2.06. The Kier molecular flexibility index (Phi) is 4.68. The standard InChI is InChI=1S/C7H11NO5/c8-4(6(10)11)2-1-3-5(9)7(12)13/h4H,1-3,8H2,(H,10,11)(H,12,13)/q+1/p-2. The molecule has 73 valence electrons. The summed E-state index contributed by atoms with van der Waals surface area (Å²) in [7, 11) is 0. The van der Waals surface area contributed by atoms with Crippen molar-refractivity contribution < 1.29 is 30.3 Å². The lowest BCUT2D eigenvalue weighted by atomic mass is 10.1. The van der Waals surface area contributed by atoms with Crippen LogP contribution in [0.1, 0.15) is 19.3 Å². The summed E-state index contributed by atoms with van der Waals surface area (Å²) in [5.74, 6) is -4.23. The van der Waals surface area contributed by atoms with Gasteiger partial charge in [-0.1, -0.05) is 0 Å². The van der Waals surface area contributed by atoms with E-state index in [2.05, 4.69) is 0 Å². The SMILES string of the molecule is [NH2+]C(CCCC(=O)C(=O)[O-])C(=O)[O-]. The predicted octanol–water partition coefficient (Wildman–Crippen LogP) is -4.38. The first-order chi connectivity index (χ1) is 5.95. The zero-order valence-electron chi connectivity index (χ0n) is 6.82. The van der Waals surface area contributed by atoms with Gasteiger partial charge in [-0.15, -0.1) is 0 Å². The molecule has 13 heavy (non-hydrogen) atoms. The Morgan fingerprint density at radius 1 is 1.23 bits per heavy atom. The number of aliphatic carboxylic acids is 2. The molecule has 0 aromatic heterocycles. The number of nitrogens with two attached hydrogens (primary N) is 1. The van der Waals surface area contributed by atoms with E-state index >= 15 is 0 Å². The molecular weight excluding hydrogens is 178 g/mol. The van der Waals surface area contributed by atoms with Crippen molar-refractivity contribution in [1.29, 1.82) is 0 Å². The van der Waals surface area contributed by atoms with Gasteiger partial charge in [-0.3, -0.25) is 4.79 Å². The average molecular weight is 187 g/mol. The molecule has 2 N–H and O–H groups in total. The van der Waals surface area contributed by atoms with Crippen molar-refractivity contribution in [3.63, 3.8) is 0 Å². The second-order valence-corrected chi connectivity index (χ2v) is 2.53. The van der Waals surface area contributed by atoms with Crippen LogP contribution in [0, 0.1) is 0 Å². The van der Waals surface area contributed by atoms with Gasteiger partial charge >= 0.3 is 0 Å². The number of carboxylic acid groups (broad SMARTS) is 2. The van der Waals surface area contributed by atoms with Gasteiger partial charge in [0.15, 0.2) is 11.8 Å². The maximum Gasteiger partial charge on any atom is 0.178 e. The summed E-state index contributed by atoms with van der Waals surface area (Å²) in [6, 6.07) is -1.16. The Balaban J connectivity index is 3.62. The third kappa shape index (κ3) is 4.91. The molecule has 0 aliphatic carbocycles. The van der Waals surface area contributed by atoms with Crippen LogP contribution in [0.15, 0.2) is 0 Å². The molecular formula is C7H9NO5-.